The summed E-state index contributed by atoms with van der Waals surface area (Å²) in [6.07, 6.45) is 2.42. The fourth-order valence-electron chi connectivity index (χ4n) is 3.24. The van der Waals surface area contributed by atoms with Gasteiger partial charge < -0.3 is 5.32 Å². The summed E-state index contributed by atoms with van der Waals surface area (Å²) >= 11 is 2.88. The first kappa shape index (κ1) is 18.4. The van der Waals surface area contributed by atoms with E-state index in [2.05, 4.69) is 34.7 Å². The van der Waals surface area contributed by atoms with Crippen molar-refractivity contribution in [3.63, 3.8) is 0 Å². The number of thiazole rings is 1. The molecule has 25 heavy (non-hydrogen) atoms. The predicted octanol–water partition coefficient (Wildman–Crippen LogP) is 2.87. The van der Waals surface area contributed by atoms with Gasteiger partial charge in [0.05, 0.1) is 6.04 Å². The van der Waals surface area contributed by atoms with E-state index in [9.17, 15) is 9.59 Å². The van der Waals surface area contributed by atoms with E-state index in [4.69, 9.17) is 0 Å². The smallest absolute Gasteiger partial charge is 0.307 e. The first-order valence-corrected chi connectivity index (χ1v) is 10.5. The van der Waals surface area contributed by atoms with Gasteiger partial charge in [-0.3, -0.25) is 19.1 Å². The van der Waals surface area contributed by atoms with Crippen LogP contribution >= 0.6 is 22.7 Å². The minimum Gasteiger partial charge on any atom is -0.353 e. The Morgan fingerprint density at radius 3 is 2.72 bits per heavy atom. The Labute approximate surface area is 156 Å². The van der Waals surface area contributed by atoms with Crippen LogP contribution in [0.1, 0.15) is 36.4 Å². The highest BCUT2D eigenvalue weighted by Crippen LogP contribution is 2.29. The molecule has 0 radical (unpaired) electrons. The summed E-state index contributed by atoms with van der Waals surface area (Å²) < 4.78 is 1.53. The fraction of sp³-hybridized carbons (Fsp3) is 0.556. The molecular formula is C18H25N3O2S2. The summed E-state index contributed by atoms with van der Waals surface area (Å²) in [5.74, 6) is 0.679. The Balaban J connectivity index is 1.62. The molecule has 1 N–H and O–H groups in total. The lowest BCUT2D eigenvalue weighted by molar-refractivity contribution is -0.122. The number of amides is 1. The number of aromatic nitrogens is 1. The summed E-state index contributed by atoms with van der Waals surface area (Å²) in [4.78, 5) is 27.8. The van der Waals surface area contributed by atoms with E-state index < -0.39 is 0 Å². The van der Waals surface area contributed by atoms with Crippen LogP contribution in [-0.2, 0) is 11.3 Å². The molecule has 1 amide bonds. The van der Waals surface area contributed by atoms with Gasteiger partial charge in [0.25, 0.3) is 0 Å². The van der Waals surface area contributed by atoms with E-state index in [1.54, 1.807) is 16.7 Å². The number of likely N-dealkylation sites (tertiary alicyclic amines) is 1. The van der Waals surface area contributed by atoms with Crippen molar-refractivity contribution in [1.29, 1.82) is 0 Å². The Kier molecular flexibility index (Phi) is 6.09. The summed E-state index contributed by atoms with van der Waals surface area (Å²) in [7, 11) is 0. The van der Waals surface area contributed by atoms with Gasteiger partial charge in [0, 0.05) is 22.5 Å². The Bertz CT molecular complexity index is 743. The lowest BCUT2D eigenvalue weighted by atomic mass is 9.97. The number of nitrogens with zero attached hydrogens (tertiary/aromatic N) is 2. The molecule has 0 unspecified atom stereocenters. The fourth-order valence-corrected chi connectivity index (χ4v) is 4.83. The second kappa shape index (κ2) is 8.29. The SMILES string of the molecule is Cc1csc(=O)n1CC(=O)NC[C@H](c1cccs1)N1CCC(C)CC1. The largest absolute Gasteiger partial charge is 0.353 e. The zero-order valence-corrected chi connectivity index (χ0v) is 16.4. The van der Waals surface area contributed by atoms with E-state index in [0.717, 1.165) is 36.0 Å². The molecule has 3 heterocycles. The molecule has 0 bridgehead atoms. The number of aryl methyl sites for hydroxylation is 1. The molecule has 7 heteroatoms. The first-order valence-electron chi connectivity index (χ1n) is 8.73. The molecule has 1 aliphatic rings. The third kappa shape index (κ3) is 4.59. The molecular weight excluding hydrogens is 354 g/mol. The summed E-state index contributed by atoms with van der Waals surface area (Å²) in [6.45, 7) is 6.99. The molecule has 1 aliphatic heterocycles. The summed E-state index contributed by atoms with van der Waals surface area (Å²) in [5, 5.41) is 6.92. The van der Waals surface area contributed by atoms with Gasteiger partial charge in [-0.25, -0.2) is 0 Å². The van der Waals surface area contributed by atoms with Crippen LogP contribution in [0.3, 0.4) is 0 Å². The van der Waals surface area contributed by atoms with Gasteiger partial charge in [0.15, 0.2) is 0 Å². The number of carbonyl (C=O) groups is 1. The van der Waals surface area contributed by atoms with Crippen molar-refractivity contribution in [1.82, 2.24) is 14.8 Å². The van der Waals surface area contributed by atoms with Gasteiger partial charge >= 0.3 is 4.87 Å². The average Bonchev–Trinajstić information content (AvgIpc) is 3.22. The van der Waals surface area contributed by atoms with Crippen molar-refractivity contribution in [3.8, 4) is 0 Å². The molecule has 0 aliphatic carbocycles. The maximum atomic E-state index is 12.3. The molecule has 0 spiro atoms. The number of hydrogen-bond donors (Lipinski definition) is 1. The minimum atomic E-state index is -0.101. The first-order chi connectivity index (χ1) is 12.0. The van der Waals surface area contributed by atoms with E-state index >= 15 is 0 Å². The number of thiophene rings is 1. The number of hydrogen-bond acceptors (Lipinski definition) is 5. The topological polar surface area (TPSA) is 54.3 Å². The van der Waals surface area contributed by atoms with Crippen LogP contribution in [0.4, 0.5) is 0 Å². The molecule has 1 saturated heterocycles. The monoisotopic (exact) mass is 379 g/mol. The lowest BCUT2D eigenvalue weighted by Gasteiger charge is -2.36. The van der Waals surface area contributed by atoms with E-state index in [1.165, 1.54) is 22.3 Å². The highest BCUT2D eigenvalue weighted by Gasteiger charge is 2.25. The van der Waals surface area contributed by atoms with Gasteiger partial charge in [-0.15, -0.1) is 11.3 Å². The quantitative estimate of drug-likeness (QED) is 0.840. The Hall–Kier alpha value is -1.44. The maximum absolute atomic E-state index is 12.3. The minimum absolute atomic E-state index is 0.0764. The lowest BCUT2D eigenvalue weighted by Crippen LogP contribution is -2.42. The summed E-state index contributed by atoms with van der Waals surface area (Å²) in [6, 6.07) is 4.43. The molecule has 0 saturated carbocycles. The third-order valence-corrected chi connectivity index (χ3v) is 6.76. The van der Waals surface area contributed by atoms with Gasteiger partial charge in [0.1, 0.15) is 6.54 Å². The predicted molar refractivity (Wildman–Crippen MR) is 103 cm³/mol. The van der Waals surface area contributed by atoms with E-state index in [0.29, 0.717) is 6.54 Å². The molecule has 5 nitrogen and oxygen atoms in total. The number of rotatable bonds is 6. The second-order valence-corrected chi connectivity index (χ2v) is 8.58. The zero-order valence-electron chi connectivity index (χ0n) is 14.7. The molecule has 1 atom stereocenters. The normalized spacial score (nSPS) is 17.5. The van der Waals surface area contributed by atoms with Crippen LogP contribution in [-0.4, -0.2) is 35.0 Å². The van der Waals surface area contributed by atoms with Gasteiger partial charge in [-0.05, 0) is 50.2 Å². The highest BCUT2D eigenvalue weighted by atomic mass is 32.1. The zero-order chi connectivity index (χ0) is 17.8. The van der Waals surface area contributed by atoms with E-state index in [-0.39, 0.29) is 23.4 Å². The van der Waals surface area contributed by atoms with Crippen molar-refractivity contribution in [2.45, 2.75) is 39.3 Å². The average molecular weight is 380 g/mol. The number of carbonyl (C=O) groups excluding carboxylic acids is 1. The van der Waals surface area contributed by atoms with Crippen molar-refractivity contribution in [2.24, 2.45) is 5.92 Å². The Morgan fingerprint density at radius 1 is 1.36 bits per heavy atom. The standard InChI is InChI=1S/C18H25N3O2S2/c1-13-5-7-20(8-6-13)15(16-4-3-9-24-16)10-19-17(22)11-21-14(2)12-25-18(21)23/h3-4,9,12-13,15H,5-8,10-11H2,1-2H3,(H,19,22)/t15-/m1/s1. The molecule has 2 aromatic heterocycles. The molecule has 1 fully saturated rings. The van der Waals surface area contributed by atoms with Crippen LogP contribution in [0.2, 0.25) is 0 Å². The van der Waals surface area contributed by atoms with Crippen LogP contribution in [0, 0.1) is 12.8 Å². The van der Waals surface area contributed by atoms with Crippen molar-refractivity contribution < 1.29 is 4.79 Å². The summed E-state index contributed by atoms with van der Waals surface area (Å²) in [5.41, 5.74) is 0.838. The Morgan fingerprint density at radius 2 is 2.12 bits per heavy atom. The molecule has 3 rings (SSSR count). The van der Waals surface area contributed by atoms with Crippen LogP contribution in [0.5, 0.6) is 0 Å². The van der Waals surface area contributed by atoms with Crippen molar-refractivity contribution in [2.75, 3.05) is 19.6 Å². The number of piperidine rings is 1. The molecule has 0 aromatic carbocycles. The second-order valence-electron chi connectivity index (χ2n) is 6.78. The van der Waals surface area contributed by atoms with Crippen LogP contribution in [0.25, 0.3) is 0 Å². The third-order valence-electron chi connectivity index (χ3n) is 4.90. The molecule has 136 valence electrons. The molecule has 2 aromatic rings. The number of nitrogens with one attached hydrogen (secondary N) is 1. The highest BCUT2D eigenvalue weighted by molar-refractivity contribution is 7.10. The maximum Gasteiger partial charge on any atom is 0.307 e. The van der Waals surface area contributed by atoms with Gasteiger partial charge in [-0.2, -0.15) is 0 Å². The van der Waals surface area contributed by atoms with Crippen LogP contribution < -0.4 is 10.2 Å². The van der Waals surface area contributed by atoms with Crippen molar-refractivity contribution in [3.05, 3.63) is 43.1 Å². The van der Waals surface area contributed by atoms with Gasteiger partial charge in [-0.1, -0.05) is 24.3 Å². The van der Waals surface area contributed by atoms with Gasteiger partial charge in [0.2, 0.25) is 5.91 Å². The van der Waals surface area contributed by atoms with Crippen LogP contribution in [0.15, 0.2) is 27.7 Å². The van der Waals surface area contributed by atoms with Crippen molar-refractivity contribution >= 4 is 28.6 Å². The van der Waals surface area contributed by atoms with E-state index in [1.807, 2.05) is 6.92 Å².